The minimum atomic E-state index is -0.337. The molecule has 0 aliphatic heterocycles. The molecular weight excluding hydrogens is 355 g/mol. The normalized spacial score (nSPS) is 10.7. The lowest BCUT2D eigenvalue weighted by Gasteiger charge is -2.16. The van der Waals surface area contributed by atoms with Crippen LogP contribution in [0, 0.1) is 6.92 Å². The molecule has 0 aliphatic rings. The summed E-state index contributed by atoms with van der Waals surface area (Å²) in [5, 5.41) is 9.54. The lowest BCUT2D eigenvalue weighted by atomic mass is 10.3. The van der Waals surface area contributed by atoms with E-state index in [1.807, 2.05) is 0 Å². The summed E-state index contributed by atoms with van der Waals surface area (Å²) in [6.07, 6.45) is 0. The van der Waals surface area contributed by atoms with Gasteiger partial charge in [-0.05, 0) is 26.1 Å². The monoisotopic (exact) mass is 370 g/mol. The van der Waals surface area contributed by atoms with Gasteiger partial charge in [0.2, 0.25) is 17.7 Å². The van der Waals surface area contributed by atoms with E-state index in [2.05, 4.69) is 15.8 Å². The first-order valence-corrected chi connectivity index (χ1v) is 7.76. The number of likely N-dealkylation sites (N-methyl/N-ethyl adjacent to an activating group) is 1. The summed E-state index contributed by atoms with van der Waals surface area (Å²) in [5.74, 6) is -0.397. The summed E-state index contributed by atoms with van der Waals surface area (Å²) in [6, 6.07) is 6.53. The molecule has 0 radical (unpaired) electrons. The number of nitrogens with one attached hydrogen (secondary N) is 2. The van der Waals surface area contributed by atoms with Crippen molar-refractivity contribution < 1.29 is 14.1 Å². The minimum Gasteiger partial charge on any atom is -0.338 e. The fourth-order valence-corrected chi connectivity index (χ4v) is 2.43. The average Bonchev–Trinajstić information content (AvgIpc) is 2.87. The van der Waals surface area contributed by atoms with E-state index in [4.69, 9.17) is 27.7 Å². The van der Waals surface area contributed by atoms with Crippen LogP contribution in [0.2, 0.25) is 10.0 Å². The van der Waals surface area contributed by atoms with Crippen molar-refractivity contribution >= 4 is 46.6 Å². The predicted octanol–water partition coefficient (Wildman–Crippen LogP) is 2.80. The second kappa shape index (κ2) is 8.14. The summed E-state index contributed by atoms with van der Waals surface area (Å²) in [7, 11) is 1.64. The Morgan fingerprint density at radius 1 is 1.17 bits per heavy atom. The van der Waals surface area contributed by atoms with Crippen molar-refractivity contribution in [2.45, 2.75) is 6.92 Å². The van der Waals surface area contributed by atoms with Crippen LogP contribution in [-0.4, -0.2) is 42.0 Å². The quantitative estimate of drug-likeness (QED) is 0.816. The van der Waals surface area contributed by atoms with Crippen LogP contribution in [-0.2, 0) is 9.59 Å². The van der Waals surface area contributed by atoms with Gasteiger partial charge < -0.3 is 9.84 Å². The van der Waals surface area contributed by atoms with Crippen LogP contribution in [0.25, 0.3) is 0 Å². The molecule has 0 bridgehead atoms. The molecule has 128 valence electrons. The van der Waals surface area contributed by atoms with Crippen LogP contribution in [0.5, 0.6) is 0 Å². The third-order valence-corrected chi connectivity index (χ3v) is 3.57. The zero-order valence-corrected chi connectivity index (χ0v) is 14.6. The van der Waals surface area contributed by atoms with E-state index < -0.39 is 0 Å². The van der Waals surface area contributed by atoms with Gasteiger partial charge in [-0.25, -0.2) is 0 Å². The molecule has 2 amide bonds. The second-order valence-electron chi connectivity index (χ2n) is 5.20. The Hall–Kier alpha value is -2.09. The number of benzene rings is 1. The van der Waals surface area contributed by atoms with Gasteiger partial charge in [0.15, 0.2) is 0 Å². The largest absolute Gasteiger partial charge is 0.338 e. The van der Waals surface area contributed by atoms with Crippen LogP contribution in [0.15, 0.2) is 28.8 Å². The number of carbonyl (C=O) groups is 2. The number of carbonyl (C=O) groups excluding carboxylic acids is 2. The Morgan fingerprint density at radius 2 is 1.75 bits per heavy atom. The first-order chi connectivity index (χ1) is 11.3. The maximum atomic E-state index is 12.0. The molecule has 0 saturated carbocycles. The number of hydrogen-bond acceptors (Lipinski definition) is 5. The van der Waals surface area contributed by atoms with Crippen molar-refractivity contribution in [1.82, 2.24) is 10.1 Å². The van der Waals surface area contributed by atoms with Crippen molar-refractivity contribution in [1.29, 1.82) is 0 Å². The van der Waals surface area contributed by atoms with Crippen molar-refractivity contribution in [2.24, 2.45) is 0 Å². The van der Waals surface area contributed by atoms with Crippen molar-refractivity contribution in [3.05, 3.63) is 40.0 Å². The first-order valence-electron chi connectivity index (χ1n) is 7.00. The van der Waals surface area contributed by atoms with Crippen LogP contribution < -0.4 is 10.6 Å². The number of hydrogen-bond donors (Lipinski definition) is 2. The molecule has 24 heavy (non-hydrogen) atoms. The molecule has 9 heteroatoms. The summed E-state index contributed by atoms with van der Waals surface area (Å²) in [6.45, 7) is 1.74. The van der Waals surface area contributed by atoms with Crippen LogP contribution in [0.3, 0.4) is 0 Å². The Balaban J connectivity index is 1.84. The molecule has 1 heterocycles. The highest BCUT2D eigenvalue weighted by Gasteiger charge is 2.14. The van der Waals surface area contributed by atoms with E-state index in [1.165, 1.54) is 0 Å². The van der Waals surface area contributed by atoms with Crippen molar-refractivity contribution in [3.63, 3.8) is 0 Å². The van der Waals surface area contributed by atoms with Gasteiger partial charge in [0.05, 0.1) is 34.5 Å². The molecular formula is C15H16Cl2N4O3. The number of aryl methyl sites for hydroxylation is 1. The van der Waals surface area contributed by atoms with Gasteiger partial charge >= 0.3 is 0 Å². The molecule has 0 aliphatic carbocycles. The summed E-state index contributed by atoms with van der Waals surface area (Å²) >= 11 is 12.0. The molecule has 2 N–H and O–H groups in total. The fraction of sp³-hybridized carbons (Fsp3) is 0.267. The smallest absolute Gasteiger partial charge is 0.240 e. The Morgan fingerprint density at radius 3 is 2.29 bits per heavy atom. The van der Waals surface area contributed by atoms with Crippen LogP contribution >= 0.6 is 23.2 Å². The number of aromatic nitrogens is 1. The van der Waals surface area contributed by atoms with Crippen LogP contribution in [0.1, 0.15) is 5.69 Å². The third-order valence-electron chi connectivity index (χ3n) is 2.94. The number of anilines is 2. The topological polar surface area (TPSA) is 87.5 Å². The Bertz CT molecular complexity index is 728. The Labute approximate surface area is 148 Å². The molecule has 0 atom stereocenters. The van der Waals surface area contributed by atoms with Gasteiger partial charge in [0.1, 0.15) is 0 Å². The molecule has 1 aromatic carbocycles. The van der Waals surface area contributed by atoms with E-state index in [0.717, 1.165) is 0 Å². The fourth-order valence-electron chi connectivity index (χ4n) is 1.94. The van der Waals surface area contributed by atoms with Gasteiger partial charge in [-0.2, -0.15) is 0 Å². The number of amides is 2. The summed E-state index contributed by atoms with van der Waals surface area (Å²) in [4.78, 5) is 25.4. The lowest BCUT2D eigenvalue weighted by molar-refractivity contribution is -0.119. The molecule has 0 fully saturated rings. The van der Waals surface area contributed by atoms with E-state index in [0.29, 0.717) is 21.4 Å². The molecule has 2 rings (SSSR count). The number of para-hydroxylation sites is 1. The molecule has 0 spiro atoms. The van der Waals surface area contributed by atoms with Gasteiger partial charge in [-0.15, -0.1) is 0 Å². The molecule has 0 saturated heterocycles. The van der Waals surface area contributed by atoms with Crippen molar-refractivity contribution in [3.8, 4) is 0 Å². The van der Waals surface area contributed by atoms with E-state index >= 15 is 0 Å². The van der Waals surface area contributed by atoms with Crippen LogP contribution in [0.4, 0.5) is 11.6 Å². The zero-order chi connectivity index (χ0) is 17.7. The number of rotatable bonds is 6. The molecule has 7 nitrogen and oxygen atoms in total. The number of halogens is 2. The predicted molar refractivity (Wildman–Crippen MR) is 92.5 cm³/mol. The van der Waals surface area contributed by atoms with Gasteiger partial charge in [-0.3, -0.25) is 19.8 Å². The zero-order valence-electron chi connectivity index (χ0n) is 13.1. The van der Waals surface area contributed by atoms with E-state index in [9.17, 15) is 9.59 Å². The number of nitrogens with zero attached hydrogens (tertiary/aromatic N) is 2. The van der Waals surface area contributed by atoms with E-state index in [-0.39, 0.29) is 30.8 Å². The lowest BCUT2D eigenvalue weighted by Crippen LogP contribution is -2.36. The second-order valence-corrected chi connectivity index (χ2v) is 6.01. The van der Waals surface area contributed by atoms with Gasteiger partial charge in [0.25, 0.3) is 0 Å². The van der Waals surface area contributed by atoms with E-state index in [1.54, 1.807) is 43.1 Å². The maximum absolute atomic E-state index is 12.0. The highest BCUT2D eigenvalue weighted by molar-refractivity contribution is 6.39. The Kier molecular flexibility index (Phi) is 6.19. The summed E-state index contributed by atoms with van der Waals surface area (Å²) in [5.41, 5.74) is 1.01. The highest BCUT2D eigenvalue weighted by Crippen LogP contribution is 2.29. The summed E-state index contributed by atoms with van der Waals surface area (Å²) < 4.78 is 4.89. The molecule has 1 aromatic heterocycles. The maximum Gasteiger partial charge on any atom is 0.240 e. The minimum absolute atomic E-state index is 0.00339. The molecule has 2 aromatic rings. The first kappa shape index (κ1) is 18.3. The average molecular weight is 371 g/mol. The highest BCUT2D eigenvalue weighted by atomic mass is 35.5. The van der Waals surface area contributed by atoms with Gasteiger partial charge in [-0.1, -0.05) is 34.4 Å². The SMILES string of the molecule is Cc1cc(NC(=O)CN(C)CC(=O)Nc2c(Cl)cccc2Cl)on1. The van der Waals surface area contributed by atoms with Crippen molar-refractivity contribution in [2.75, 3.05) is 30.8 Å². The third kappa shape index (κ3) is 5.23. The standard InChI is InChI=1S/C15H16Cl2N4O3/c1-9-6-14(24-20-9)18-12(22)7-21(2)8-13(23)19-15-10(16)4-3-5-11(15)17/h3-6H,7-8H2,1-2H3,(H,18,22)(H,19,23). The van der Waals surface area contributed by atoms with Gasteiger partial charge in [0, 0.05) is 6.07 Å². The molecule has 0 unspecified atom stereocenters.